The van der Waals surface area contributed by atoms with Gasteiger partial charge in [0.05, 0.1) is 0 Å². The molecule has 0 fully saturated rings. The van der Waals surface area contributed by atoms with Crippen LogP contribution < -0.4 is 4.65 Å². The van der Waals surface area contributed by atoms with E-state index < -0.39 is 0 Å². The van der Waals surface area contributed by atoms with Crippen LogP contribution >= 0.6 is 15.8 Å². The fourth-order valence-electron chi connectivity index (χ4n) is 0.654. The van der Waals surface area contributed by atoms with E-state index >= 15 is 0 Å². The minimum Gasteiger partial charge on any atom is -0.527 e. The van der Waals surface area contributed by atoms with Crippen molar-refractivity contribution in [2.45, 2.75) is 0 Å². The maximum absolute atomic E-state index is 5.26. The van der Waals surface area contributed by atoms with Crippen molar-refractivity contribution in [3.63, 3.8) is 0 Å². The SMILES string of the molecule is COB(Br)Oc1ccccc1. The standard InChI is InChI=1S/C7H8BBrO2/c1-10-8(9)11-7-5-3-2-4-6-7/h2-6H,1H3. The summed E-state index contributed by atoms with van der Waals surface area (Å²) < 4.78 is 10.1. The number of para-hydroxylation sites is 1. The van der Waals surface area contributed by atoms with Crippen molar-refractivity contribution in [2.75, 3.05) is 7.11 Å². The Balaban J connectivity index is 2.51. The van der Waals surface area contributed by atoms with Crippen molar-refractivity contribution < 1.29 is 9.31 Å². The van der Waals surface area contributed by atoms with Crippen molar-refractivity contribution in [3.05, 3.63) is 30.3 Å². The van der Waals surface area contributed by atoms with Crippen LogP contribution in [0.5, 0.6) is 5.75 Å². The van der Waals surface area contributed by atoms with E-state index in [1.54, 1.807) is 7.11 Å². The largest absolute Gasteiger partial charge is 0.608 e. The van der Waals surface area contributed by atoms with Crippen LogP contribution in [-0.4, -0.2) is 13.1 Å². The van der Waals surface area contributed by atoms with Gasteiger partial charge in [0.1, 0.15) is 5.75 Å². The molecule has 4 heteroatoms. The number of benzene rings is 1. The Morgan fingerprint density at radius 1 is 1.27 bits per heavy atom. The van der Waals surface area contributed by atoms with E-state index in [2.05, 4.69) is 15.8 Å². The van der Waals surface area contributed by atoms with E-state index in [1.165, 1.54) is 0 Å². The summed E-state index contributed by atoms with van der Waals surface area (Å²) in [4.78, 5) is 0. The molecule has 0 aliphatic heterocycles. The summed E-state index contributed by atoms with van der Waals surface area (Å²) >= 11 is 3.17. The van der Waals surface area contributed by atoms with Crippen LogP contribution in [0.1, 0.15) is 0 Å². The first kappa shape index (κ1) is 8.62. The topological polar surface area (TPSA) is 18.5 Å². The maximum atomic E-state index is 5.26. The van der Waals surface area contributed by atoms with Crippen LogP contribution in [0, 0.1) is 0 Å². The molecule has 0 aromatic heterocycles. The Morgan fingerprint density at radius 2 is 1.91 bits per heavy atom. The van der Waals surface area contributed by atoms with E-state index in [4.69, 9.17) is 9.31 Å². The molecule has 0 unspecified atom stereocenters. The summed E-state index contributed by atoms with van der Waals surface area (Å²) in [5, 5.41) is 0. The summed E-state index contributed by atoms with van der Waals surface area (Å²) in [5.41, 5.74) is 0. The molecule has 0 spiro atoms. The van der Waals surface area contributed by atoms with Gasteiger partial charge < -0.3 is 9.31 Å². The van der Waals surface area contributed by atoms with Gasteiger partial charge >= 0.3 is 5.94 Å². The molecule has 0 N–H and O–H groups in total. The van der Waals surface area contributed by atoms with Gasteiger partial charge in [-0.05, 0) is 12.1 Å². The molecular weight excluding hydrogens is 207 g/mol. The molecule has 0 saturated heterocycles. The highest BCUT2D eigenvalue weighted by molar-refractivity contribution is 9.24. The van der Waals surface area contributed by atoms with E-state index in [1.807, 2.05) is 30.3 Å². The third-order valence-corrected chi connectivity index (χ3v) is 1.72. The zero-order valence-electron chi connectivity index (χ0n) is 6.16. The third kappa shape index (κ3) is 2.95. The van der Waals surface area contributed by atoms with Gasteiger partial charge in [0.25, 0.3) is 0 Å². The lowest BCUT2D eigenvalue weighted by Gasteiger charge is -2.06. The molecule has 1 rings (SSSR count). The first-order chi connectivity index (χ1) is 5.33. The third-order valence-electron chi connectivity index (χ3n) is 1.16. The number of hydrogen-bond acceptors (Lipinski definition) is 2. The normalized spacial score (nSPS) is 9.27. The molecule has 0 heterocycles. The number of hydrogen-bond donors (Lipinski definition) is 0. The molecule has 0 aliphatic carbocycles. The molecule has 58 valence electrons. The van der Waals surface area contributed by atoms with Gasteiger partial charge in [-0.2, -0.15) is 0 Å². The second-order valence-electron chi connectivity index (χ2n) is 1.94. The van der Waals surface area contributed by atoms with Crippen LogP contribution in [0.4, 0.5) is 0 Å². The fourth-order valence-corrected chi connectivity index (χ4v) is 0.870. The molecule has 0 amide bonds. The molecule has 11 heavy (non-hydrogen) atoms. The average molecular weight is 215 g/mol. The minimum atomic E-state index is -0.370. The Morgan fingerprint density at radius 3 is 2.45 bits per heavy atom. The molecule has 0 atom stereocenters. The monoisotopic (exact) mass is 214 g/mol. The van der Waals surface area contributed by atoms with Crippen LogP contribution in [0.2, 0.25) is 0 Å². The molecule has 1 aromatic carbocycles. The summed E-state index contributed by atoms with van der Waals surface area (Å²) in [5.74, 6) is 0.418. The Hall–Kier alpha value is -0.475. The van der Waals surface area contributed by atoms with Crippen molar-refractivity contribution >= 4 is 21.7 Å². The molecule has 1 aromatic rings. The second kappa shape index (κ2) is 4.41. The molecule has 0 radical (unpaired) electrons. The average Bonchev–Trinajstić information content (AvgIpc) is 2.06. The Labute approximate surface area is 74.6 Å². The van der Waals surface area contributed by atoms with Gasteiger partial charge in [-0.3, -0.25) is 0 Å². The van der Waals surface area contributed by atoms with Crippen LogP contribution in [0.15, 0.2) is 30.3 Å². The predicted molar refractivity (Wildman–Crippen MR) is 48.8 cm³/mol. The lowest BCUT2D eigenvalue weighted by atomic mass is 10.3. The van der Waals surface area contributed by atoms with E-state index in [9.17, 15) is 0 Å². The lowest BCUT2D eigenvalue weighted by molar-refractivity contribution is 0.359. The number of halogens is 1. The molecule has 0 saturated carbocycles. The van der Waals surface area contributed by atoms with Gasteiger partial charge in [-0.1, -0.05) is 34.0 Å². The molecule has 0 bridgehead atoms. The predicted octanol–water partition coefficient (Wildman–Crippen LogP) is 2.09. The Bertz CT molecular complexity index is 205. The molecular formula is C7H8BBrO2. The van der Waals surface area contributed by atoms with Crippen LogP contribution in [0.3, 0.4) is 0 Å². The second-order valence-corrected chi connectivity index (χ2v) is 2.69. The van der Waals surface area contributed by atoms with E-state index in [0.717, 1.165) is 5.75 Å². The smallest absolute Gasteiger partial charge is 0.527 e. The first-order valence-corrected chi connectivity index (χ1v) is 4.13. The molecule has 0 aliphatic rings. The highest BCUT2D eigenvalue weighted by atomic mass is 79.9. The summed E-state index contributed by atoms with van der Waals surface area (Å²) in [6.07, 6.45) is 0. The summed E-state index contributed by atoms with van der Waals surface area (Å²) in [6, 6.07) is 9.49. The van der Waals surface area contributed by atoms with Crippen molar-refractivity contribution in [2.24, 2.45) is 0 Å². The zero-order chi connectivity index (χ0) is 8.10. The van der Waals surface area contributed by atoms with Crippen molar-refractivity contribution in [3.8, 4) is 5.75 Å². The first-order valence-electron chi connectivity index (χ1n) is 3.21. The van der Waals surface area contributed by atoms with Gasteiger partial charge in [0.15, 0.2) is 0 Å². The highest BCUT2D eigenvalue weighted by Gasteiger charge is 2.11. The van der Waals surface area contributed by atoms with E-state index in [-0.39, 0.29) is 5.94 Å². The summed E-state index contributed by atoms with van der Waals surface area (Å²) in [6.45, 7) is 0. The van der Waals surface area contributed by atoms with Crippen molar-refractivity contribution in [1.29, 1.82) is 0 Å². The van der Waals surface area contributed by atoms with Gasteiger partial charge in [-0.25, -0.2) is 0 Å². The fraction of sp³-hybridized carbons (Fsp3) is 0.143. The maximum Gasteiger partial charge on any atom is 0.608 e. The lowest BCUT2D eigenvalue weighted by Crippen LogP contribution is -2.15. The minimum absolute atomic E-state index is 0.370. The quantitative estimate of drug-likeness (QED) is 0.718. The van der Waals surface area contributed by atoms with Crippen LogP contribution in [-0.2, 0) is 4.65 Å². The van der Waals surface area contributed by atoms with Crippen LogP contribution in [0.25, 0.3) is 0 Å². The van der Waals surface area contributed by atoms with Gasteiger partial charge in [0.2, 0.25) is 0 Å². The summed E-state index contributed by atoms with van der Waals surface area (Å²) in [7, 11) is 1.57. The Kier molecular flexibility index (Phi) is 3.46. The zero-order valence-corrected chi connectivity index (χ0v) is 7.74. The van der Waals surface area contributed by atoms with E-state index in [0.29, 0.717) is 0 Å². The van der Waals surface area contributed by atoms with Gasteiger partial charge in [-0.15, -0.1) is 0 Å². The highest BCUT2D eigenvalue weighted by Crippen LogP contribution is 2.11. The van der Waals surface area contributed by atoms with Gasteiger partial charge in [0, 0.05) is 7.11 Å². The number of rotatable bonds is 3. The van der Waals surface area contributed by atoms with Crippen molar-refractivity contribution in [1.82, 2.24) is 0 Å². The molecule has 2 nitrogen and oxygen atoms in total.